The van der Waals surface area contributed by atoms with E-state index in [1.54, 1.807) is 4.90 Å². The molecule has 1 saturated heterocycles. The van der Waals surface area contributed by atoms with Gasteiger partial charge >= 0.3 is 6.09 Å². The Morgan fingerprint density at radius 1 is 1.29 bits per heavy atom. The van der Waals surface area contributed by atoms with Gasteiger partial charge in [0, 0.05) is 25.1 Å². The average molecular weight is 289 g/mol. The number of amides is 1. The highest BCUT2D eigenvalue weighted by Crippen LogP contribution is 2.23. The van der Waals surface area contributed by atoms with Crippen LogP contribution >= 0.6 is 0 Å². The Bertz CT molecular complexity index is 505. The quantitative estimate of drug-likeness (QED) is 0.798. The standard InChI is InChI=1S/C17H23NO3/c1-3-21-17(20)18-9-7-14(8-10-18)12-16(19)15-6-4-5-13(2)11-15/h4-6,11,14H,3,7-10,12H2,1-2H3. The lowest BCUT2D eigenvalue weighted by Crippen LogP contribution is -2.39. The van der Waals surface area contributed by atoms with Crippen molar-refractivity contribution in [1.29, 1.82) is 0 Å². The lowest BCUT2D eigenvalue weighted by molar-refractivity contribution is 0.0846. The molecule has 114 valence electrons. The van der Waals surface area contributed by atoms with Crippen molar-refractivity contribution in [1.82, 2.24) is 4.90 Å². The summed E-state index contributed by atoms with van der Waals surface area (Å²) >= 11 is 0. The molecule has 0 spiro atoms. The number of benzene rings is 1. The molecule has 0 atom stereocenters. The van der Waals surface area contributed by atoms with E-state index < -0.39 is 0 Å². The van der Waals surface area contributed by atoms with Gasteiger partial charge in [0.25, 0.3) is 0 Å². The number of Topliss-reactive ketones (excluding diaryl/α,β-unsaturated/α-hetero) is 1. The van der Waals surface area contributed by atoms with E-state index in [0.29, 0.717) is 32.0 Å². The van der Waals surface area contributed by atoms with Gasteiger partial charge in [-0.05, 0) is 38.7 Å². The first-order valence-electron chi connectivity index (χ1n) is 7.61. The molecule has 1 aromatic rings. The predicted octanol–water partition coefficient (Wildman–Crippen LogP) is 3.44. The van der Waals surface area contributed by atoms with Gasteiger partial charge in [-0.2, -0.15) is 0 Å². The Labute approximate surface area is 126 Å². The number of ketones is 1. The molecule has 4 nitrogen and oxygen atoms in total. The maximum atomic E-state index is 12.3. The van der Waals surface area contributed by atoms with E-state index in [-0.39, 0.29) is 11.9 Å². The minimum atomic E-state index is -0.235. The minimum absolute atomic E-state index is 0.202. The van der Waals surface area contributed by atoms with Gasteiger partial charge in [0.15, 0.2) is 5.78 Å². The molecule has 21 heavy (non-hydrogen) atoms. The first-order chi connectivity index (χ1) is 10.1. The number of hydrogen-bond donors (Lipinski definition) is 0. The van der Waals surface area contributed by atoms with Crippen LogP contribution in [0.4, 0.5) is 4.79 Å². The van der Waals surface area contributed by atoms with Crippen LogP contribution < -0.4 is 0 Å². The topological polar surface area (TPSA) is 46.6 Å². The Morgan fingerprint density at radius 3 is 2.62 bits per heavy atom. The Kier molecular flexibility index (Phi) is 5.37. The zero-order chi connectivity index (χ0) is 15.2. The van der Waals surface area contributed by atoms with E-state index >= 15 is 0 Å². The molecular weight excluding hydrogens is 266 g/mol. The second kappa shape index (κ2) is 7.25. The van der Waals surface area contributed by atoms with Crippen molar-refractivity contribution >= 4 is 11.9 Å². The molecule has 0 saturated carbocycles. The van der Waals surface area contributed by atoms with Crippen LogP contribution in [0.15, 0.2) is 24.3 Å². The molecule has 1 aliphatic rings. The number of hydrogen-bond acceptors (Lipinski definition) is 3. The van der Waals surface area contributed by atoms with Gasteiger partial charge in [-0.25, -0.2) is 4.79 Å². The Balaban J connectivity index is 1.83. The lowest BCUT2D eigenvalue weighted by Gasteiger charge is -2.30. The SMILES string of the molecule is CCOC(=O)N1CCC(CC(=O)c2cccc(C)c2)CC1. The van der Waals surface area contributed by atoms with Crippen LogP contribution in [0.1, 0.15) is 42.1 Å². The lowest BCUT2D eigenvalue weighted by atomic mass is 9.90. The van der Waals surface area contributed by atoms with Gasteiger partial charge in [0.2, 0.25) is 0 Å². The first kappa shape index (κ1) is 15.5. The highest BCUT2D eigenvalue weighted by atomic mass is 16.6. The van der Waals surface area contributed by atoms with Gasteiger partial charge in [0.1, 0.15) is 0 Å². The number of rotatable bonds is 4. The van der Waals surface area contributed by atoms with Gasteiger partial charge in [-0.3, -0.25) is 4.79 Å². The normalized spacial score (nSPS) is 15.8. The number of nitrogens with zero attached hydrogens (tertiary/aromatic N) is 1. The van der Waals surface area contributed by atoms with Crippen LogP contribution in [0.2, 0.25) is 0 Å². The summed E-state index contributed by atoms with van der Waals surface area (Å²) in [6.07, 6.45) is 2.08. The number of aryl methyl sites for hydroxylation is 1. The van der Waals surface area contributed by atoms with Crippen LogP contribution in [-0.2, 0) is 4.74 Å². The predicted molar refractivity (Wildman–Crippen MR) is 81.4 cm³/mol. The van der Waals surface area contributed by atoms with Crippen molar-refractivity contribution in [3.05, 3.63) is 35.4 Å². The van der Waals surface area contributed by atoms with Gasteiger partial charge in [0.05, 0.1) is 6.61 Å². The van der Waals surface area contributed by atoms with Crippen molar-refractivity contribution in [2.24, 2.45) is 5.92 Å². The smallest absolute Gasteiger partial charge is 0.409 e. The summed E-state index contributed by atoms with van der Waals surface area (Å²) in [4.78, 5) is 25.6. The number of piperidine rings is 1. The molecule has 1 aliphatic heterocycles. The van der Waals surface area contributed by atoms with Crippen molar-refractivity contribution in [2.75, 3.05) is 19.7 Å². The van der Waals surface area contributed by atoms with Crippen molar-refractivity contribution in [3.8, 4) is 0 Å². The minimum Gasteiger partial charge on any atom is -0.450 e. The maximum absolute atomic E-state index is 12.3. The third kappa shape index (κ3) is 4.31. The van der Waals surface area contributed by atoms with Gasteiger partial charge < -0.3 is 9.64 Å². The van der Waals surface area contributed by atoms with Crippen LogP contribution in [-0.4, -0.2) is 36.5 Å². The molecule has 0 aliphatic carbocycles. The summed E-state index contributed by atoms with van der Waals surface area (Å²) in [5.74, 6) is 0.567. The molecular formula is C17H23NO3. The third-order valence-corrected chi connectivity index (χ3v) is 3.95. The molecule has 1 amide bonds. The zero-order valence-corrected chi connectivity index (χ0v) is 12.8. The molecule has 1 fully saturated rings. The Morgan fingerprint density at radius 2 is 2.00 bits per heavy atom. The molecule has 0 radical (unpaired) electrons. The Hall–Kier alpha value is -1.84. The van der Waals surface area contributed by atoms with Crippen LogP contribution in [0.5, 0.6) is 0 Å². The highest BCUT2D eigenvalue weighted by molar-refractivity contribution is 5.96. The zero-order valence-electron chi connectivity index (χ0n) is 12.8. The second-order valence-corrected chi connectivity index (χ2v) is 5.63. The largest absolute Gasteiger partial charge is 0.450 e. The molecule has 2 rings (SSSR count). The number of carbonyl (C=O) groups is 2. The summed E-state index contributed by atoms with van der Waals surface area (Å²) in [5, 5.41) is 0. The van der Waals surface area contributed by atoms with E-state index in [2.05, 4.69) is 0 Å². The molecule has 0 N–H and O–H groups in total. The summed E-state index contributed by atoms with van der Waals surface area (Å²) in [6.45, 7) is 5.58. The second-order valence-electron chi connectivity index (χ2n) is 5.63. The first-order valence-corrected chi connectivity index (χ1v) is 7.61. The third-order valence-electron chi connectivity index (χ3n) is 3.95. The summed E-state index contributed by atoms with van der Waals surface area (Å²) < 4.78 is 5.00. The monoisotopic (exact) mass is 289 g/mol. The van der Waals surface area contributed by atoms with E-state index in [1.807, 2.05) is 38.1 Å². The molecule has 0 bridgehead atoms. The summed E-state index contributed by atoms with van der Waals surface area (Å²) in [7, 11) is 0. The van der Waals surface area contributed by atoms with Gasteiger partial charge in [-0.1, -0.05) is 23.8 Å². The van der Waals surface area contributed by atoms with Crippen molar-refractivity contribution < 1.29 is 14.3 Å². The van der Waals surface area contributed by atoms with E-state index in [0.717, 1.165) is 24.0 Å². The number of carbonyl (C=O) groups excluding carboxylic acids is 2. The van der Waals surface area contributed by atoms with E-state index in [4.69, 9.17) is 4.74 Å². The summed E-state index contributed by atoms with van der Waals surface area (Å²) in [6, 6.07) is 7.74. The maximum Gasteiger partial charge on any atom is 0.409 e. The number of ether oxygens (including phenoxy) is 1. The number of likely N-dealkylation sites (tertiary alicyclic amines) is 1. The molecule has 0 unspecified atom stereocenters. The fourth-order valence-corrected chi connectivity index (χ4v) is 2.73. The van der Waals surface area contributed by atoms with Crippen LogP contribution in [0.3, 0.4) is 0 Å². The highest BCUT2D eigenvalue weighted by Gasteiger charge is 2.25. The van der Waals surface area contributed by atoms with Crippen molar-refractivity contribution in [3.63, 3.8) is 0 Å². The van der Waals surface area contributed by atoms with Crippen LogP contribution in [0, 0.1) is 12.8 Å². The fourth-order valence-electron chi connectivity index (χ4n) is 2.73. The average Bonchev–Trinajstić information content (AvgIpc) is 2.48. The molecule has 4 heteroatoms. The molecule has 1 aromatic carbocycles. The summed E-state index contributed by atoms with van der Waals surface area (Å²) in [5.41, 5.74) is 1.90. The van der Waals surface area contributed by atoms with Crippen LogP contribution in [0.25, 0.3) is 0 Å². The molecule has 0 aromatic heterocycles. The van der Waals surface area contributed by atoms with Gasteiger partial charge in [-0.15, -0.1) is 0 Å². The molecule has 1 heterocycles. The fraction of sp³-hybridized carbons (Fsp3) is 0.529. The van der Waals surface area contributed by atoms with Crippen molar-refractivity contribution in [2.45, 2.75) is 33.1 Å². The van der Waals surface area contributed by atoms with E-state index in [9.17, 15) is 9.59 Å². The van der Waals surface area contributed by atoms with E-state index in [1.165, 1.54) is 0 Å².